The summed E-state index contributed by atoms with van der Waals surface area (Å²) in [4.78, 5) is 26.1. The van der Waals surface area contributed by atoms with E-state index in [2.05, 4.69) is 10.3 Å². The summed E-state index contributed by atoms with van der Waals surface area (Å²) in [5, 5.41) is 11.2. The van der Waals surface area contributed by atoms with Crippen molar-refractivity contribution >= 4 is 23.5 Å². The smallest absolute Gasteiger partial charge is 0.335 e. The maximum absolute atomic E-state index is 13.0. The number of pyridine rings is 1. The van der Waals surface area contributed by atoms with E-state index in [0.29, 0.717) is 5.56 Å². The number of nitrogens with one attached hydrogen (secondary N) is 1. The van der Waals surface area contributed by atoms with Gasteiger partial charge in [-0.3, -0.25) is 4.79 Å². The van der Waals surface area contributed by atoms with Crippen molar-refractivity contribution in [3.05, 3.63) is 64.2 Å². The number of hydrogen-bond acceptors (Lipinski definition) is 3. The zero-order valence-electron chi connectivity index (χ0n) is 10.6. The fourth-order valence-electron chi connectivity index (χ4n) is 1.62. The summed E-state index contributed by atoms with van der Waals surface area (Å²) in [5.74, 6) is -2.24. The van der Waals surface area contributed by atoms with Crippen LogP contribution in [0.2, 0.25) is 5.15 Å². The van der Waals surface area contributed by atoms with E-state index in [1.165, 1.54) is 12.1 Å². The second-order valence-electron chi connectivity index (χ2n) is 4.18. The van der Waals surface area contributed by atoms with E-state index in [-0.39, 0.29) is 22.8 Å². The molecule has 5 nitrogen and oxygen atoms in total. The summed E-state index contributed by atoms with van der Waals surface area (Å²) in [6.45, 7) is 0.158. The molecule has 7 heteroatoms. The number of halogens is 2. The minimum atomic E-state index is -1.02. The minimum Gasteiger partial charge on any atom is -0.478 e. The predicted octanol–water partition coefficient (Wildman–Crippen LogP) is 2.50. The van der Waals surface area contributed by atoms with Gasteiger partial charge in [-0.2, -0.15) is 0 Å². The molecule has 0 atom stereocenters. The summed E-state index contributed by atoms with van der Waals surface area (Å²) < 4.78 is 13.0. The normalized spacial score (nSPS) is 10.2. The van der Waals surface area contributed by atoms with Gasteiger partial charge in [-0.15, -0.1) is 0 Å². The molecule has 1 aromatic carbocycles. The monoisotopic (exact) mass is 308 g/mol. The van der Waals surface area contributed by atoms with E-state index in [1.54, 1.807) is 12.1 Å². The van der Waals surface area contributed by atoms with Crippen LogP contribution in [0, 0.1) is 5.82 Å². The fourth-order valence-corrected chi connectivity index (χ4v) is 1.81. The Labute approximate surface area is 124 Å². The Kier molecular flexibility index (Phi) is 4.49. The maximum atomic E-state index is 13.0. The van der Waals surface area contributed by atoms with Crippen molar-refractivity contribution < 1.29 is 19.1 Å². The molecule has 1 amide bonds. The molecular weight excluding hydrogens is 299 g/mol. The number of aromatic nitrogens is 1. The fraction of sp³-hybridized carbons (Fsp3) is 0.0714. The Morgan fingerprint density at radius 1 is 1.29 bits per heavy atom. The molecule has 0 spiro atoms. The van der Waals surface area contributed by atoms with Crippen molar-refractivity contribution in [1.82, 2.24) is 10.3 Å². The van der Waals surface area contributed by atoms with Crippen LogP contribution >= 0.6 is 11.6 Å². The van der Waals surface area contributed by atoms with Crippen LogP contribution in [0.5, 0.6) is 0 Å². The third-order valence-corrected chi connectivity index (χ3v) is 3.01. The zero-order valence-corrected chi connectivity index (χ0v) is 11.4. The molecular formula is C14H10ClFN2O3. The number of hydrogen-bond donors (Lipinski definition) is 2. The molecule has 2 N–H and O–H groups in total. The van der Waals surface area contributed by atoms with Crippen LogP contribution in [0.15, 0.2) is 36.5 Å². The number of carboxylic acids is 1. The molecule has 0 fully saturated rings. The summed E-state index contributed by atoms with van der Waals surface area (Å²) >= 11 is 5.72. The van der Waals surface area contributed by atoms with Crippen molar-refractivity contribution in [3.8, 4) is 0 Å². The second-order valence-corrected chi connectivity index (χ2v) is 4.53. The van der Waals surface area contributed by atoms with Crippen LogP contribution in [0.1, 0.15) is 26.3 Å². The van der Waals surface area contributed by atoms with Gasteiger partial charge in [0.2, 0.25) is 0 Å². The Hall–Kier alpha value is -2.47. The van der Waals surface area contributed by atoms with Crippen LogP contribution in [-0.2, 0) is 6.54 Å². The van der Waals surface area contributed by atoms with Crippen LogP contribution < -0.4 is 5.32 Å². The van der Waals surface area contributed by atoms with Crippen molar-refractivity contribution in [3.63, 3.8) is 0 Å². The lowest BCUT2D eigenvalue weighted by atomic mass is 10.1. The van der Waals surface area contributed by atoms with Gasteiger partial charge < -0.3 is 10.4 Å². The van der Waals surface area contributed by atoms with E-state index >= 15 is 0 Å². The lowest BCUT2D eigenvalue weighted by Crippen LogP contribution is -2.23. The van der Waals surface area contributed by atoms with Crippen molar-refractivity contribution in [2.24, 2.45) is 0 Å². The van der Waals surface area contributed by atoms with E-state index in [4.69, 9.17) is 16.7 Å². The largest absolute Gasteiger partial charge is 0.478 e. The van der Waals surface area contributed by atoms with Crippen LogP contribution in [-0.4, -0.2) is 22.0 Å². The van der Waals surface area contributed by atoms with Gasteiger partial charge in [-0.1, -0.05) is 23.7 Å². The summed E-state index contributed by atoms with van der Waals surface area (Å²) in [6.07, 6.45) is 0.920. The van der Waals surface area contributed by atoms with Gasteiger partial charge in [-0.05, 0) is 23.8 Å². The first kappa shape index (κ1) is 14.9. The summed E-state index contributed by atoms with van der Waals surface area (Å²) in [7, 11) is 0. The standard InChI is InChI=1S/C14H10ClFN2O3/c15-12-11(5-10(16)7-17-12)13(19)18-6-8-1-3-9(4-2-8)14(20)21/h1-5,7H,6H2,(H,18,19)(H,20,21). The number of rotatable bonds is 4. The first-order valence-corrected chi connectivity index (χ1v) is 6.26. The van der Waals surface area contributed by atoms with E-state index in [0.717, 1.165) is 12.3 Å². The number of carbonyl (C=O) groups excluding carboxylic acids is 1. The molecule has 0 bridgehead atoms. The van der Waals surface area contributed by atoms with Crippen molar-refractivity contribution in [1.29, 1.82) is 0 Å². The molecule has 1 heterocycles. The minimum absolute atomic E-state index is 0.0566. The maximum Gasteiger partial charge on any atom is 0.335 e. The molecule has 21 heavy (non-hydrogen) atoms. The number of aromatic carboxylic acids is 1. The molecule has 0 radical (unpaired) electrons. The molecule has 0 unspecified atom stereocenters. The van der Waals surface area contributed by atoms with Gasteiger partial charge in [0, 0.05) is 6.54 Å². The molecule has 0 aliphatic carbocycles. The van der Waals surface area contributed by atoms with Crippen LogP contribution in [0.3, 0.4) is 0 Å². The highest BCUT2D eigenvalue weighted by molar-refractivity contribution is 6.32. The van der Waals surface area contributed by atoms with Crippen molar-refractivity contribution in [2.45, 2.75) is 6.54 Å². The lowest BCUT2D eigenvalue weighted by molar-refractivity contribution is 0.0696. The molecule has 0 aliphatic rings. The van der Waals surface area contributed by atoms with Gasteiger partial charge in [0.1, 0.15) is 11.0 Å². The second kappa shape index (κ2) is 6.32. The number of nitrogens with zero attached hydrogens (tertiary/aromatic N) is 1. The molecule has 0 saturated carbocycles. The topological polar surface area (TPSA) is 79.3 Å². The third-order valence-electron chi connectivity index (χ3n) is 2.70. The van der Waals surface area contributed by atoms with E-state index in [9.17, 15) is 14.0 Å². The molecule has 108 valence electrons. The first-order chi connectivity index (χ1) is 9.97. The quantitative estimate of drug-likeness (QED) is 0.851. The van der Waals surface area contributed by atoms with Crippen molar-refractivity contribution in [2.75, 3.05) is 0 Å². The average Bonchev–Trinajstić information content (AvgIpc) is 2.47. The SMILES string of the molecule is O=C(O)c1ccc(CNC(=O)c2cc(F)cnc2Cl)cc1. The number of amides is 1. The number of benzene rings is 1. The summed E-state index contributed by atoms with van der Waals surface area (Å²) in [5.41, 5.74) is 0.801. The van der Waals surface area contributed by atoms with E-state index < -0.39 is 17.7 Å². The number of carboxylic acid groups (broad SMARTS) is 1. The van der Waals surface area contributed by atoms with Gasteiger partial charge in [-0.25, -0.2) is 14.2 Å². The first-order valence-electron chi connectivity index (χ1n) is 5.89. The Morgan fingerprint density at radius 2 is 1.95 bits per heavy atom. The zero-order chi connectivity index (χ0) is 15.4. The molecule has 2 rings (SSSR count). The Bertz CT molecular complexity index is 689. The highest BCUT2D eigenvalue weighted by atomic mass is 35.5. The van der Waals surface area contributed by atoms with Gasteiger partial charge >= 0.3 is 5.97 Å². The van der Waals surface area contributed by atoms with E-state index in [1.807, 2.05) is 0 Å². The average molecular weight is 309 g/mol. The van der Waals surface area contributed by atoms with Gasteiger partial charge in [0.25, 0.3) is 5.91 Å². The van der Waals surface area contributed by atoms with Gasteiger partial charge in [0.05, 0.1) is 17.3 Å². The van der Waals surface area contributed by atoms with Crippen LogP contribution in [0.4, 0.5) is 4.39 Å². The molecule has 0 saturated heterocycles. The number of carbonyl (C=O) groups is 2. The predicted molar refractivity (Wildman–Crippen MR) is 73.8 cm³/mol. The molecule has 0 aliphatic heterocycles. The lowest BCUT2D eigenvalue weighted by Gasteiger charge is -2.07. The van der Waals surface area contributed by atoms with Crippen LogP contribution in [0.25, 0.3) is 0 Å². The Balaban J connectivity index is 2.04. The summed E-state index contributed by atoms with van der Waals surface area (Å²) in [6, 6.07) is 7.02. The molecule has 1 aromatic heterocycles. The highest BCUT2D eigenvalue weighted by Gasteiger charge is 2.12. The Morgan fingerprint density at radius 3 is 2.57 bits per heavy atom. The van der Waals surface area contributed by atoms with Gasteiger partial charge in [0.15, 0.2) is 0 Å². The molecule has 2 aromatic rings. The third kappa shape index (κ3) is 3.76. The highest BCUT2D eigenvalue weighted by Crippen LogP contribution is 2.14.